The Morgan fingerprint density at radius 3 is 2.39 bits per heavy atom. The second-order valence-corrected chi connectivity index (χ2v) is 4.60. The Hall–Kier alpha value is -1.07. The first kappa shape index (κ1) is 15.0. The summed E-state index contributed by atoms with van der Waals surface area (Å²) in [6, 6.07) is 5.95. The fourth-order valence-corrected chi connectivity index (χ4v) is 1.55. The first-order valence-electron chi connectivity index (χ1n) is 5.84. The molecule has 0 bridgehead atoms. The molecule has 0 fully saturated rings. The van der Waals surface area contributed by atoms with E-state index in [2.05, 4.69) is 5.32 Å². The van der Waals surface area contributed by atoms with Gasteiger partial charge in [0.05, 0.1) is 5.56 Å². The monoisotopic (exact) mass is 260 g/mol. The standard InChI is InChI=1S/C13H19F3N2/c1-10(18(2)3)8-17-9-11-6-4-5-7-12(11)13(14,15)16/h4-7,10,17H,8-9H2,1-3H3. The number of alkyl halides is 3. The van der Waals surface area contributed by atoms with E-state index in [0.29, 0.717) is 6.54 Å². The van der Waals surface area contributed by atoms with Gasteiger partial charge in [0.2, 0.25) is 0 Å². The van der Waals surface area contributed by atoms with Crippen molar-refractivity contribution in [1.82, 2.24) is 10.2 Å². The molecule has 5 heteroatoms. The highest BCUT2D eigenvalue weighted by atomic mass is 19.4. The molecule has 0 saturated heterocycles. The Morgan fingerprint density at radius 2 is 1.83 bits per heavy atom. The molecule has 0 aromatic heterocycles. The Kier molecular flexibility index (Phi) is 5.16. The van der Waals surface area contributed by atoms with E-state index in [1.54, 1.807) is 6.07 Å². The minimum Gasteiger partial charge on any atom is -0.311 e. The zero-order valence-electron chi connectivity index (χ0n) is 10.9. The number of hydrogen-bond donors (Lipinski definition) is 1. The summed E-state index contributed by atoms with van der Waals surface area (Å²) in [6.07, 6.45) is -4.29. The second kappa shape index (κ2) is 6.20. The van der Waals surface area contributed by atoms with E-state index in [1.807, 2.05) is 25.9 Å². The van der Waals surface area contributed by atoms with Crippen molar-refractivity contribution in [3.05, 3.63) is 35.4 Å². The molecule has 18 heavy (non-hydrogen) atoms. The number of nitrogens with one attached hydrogen (secondary N) is 1. The number of benzene rings is 1. The van der Waals surface area contributed by atoms with E-state index in [1.165, 1.54) is 12.1 Å². The van der Waals surface area contributed by atoms with Crippen molar-refractivity contribution in [3.63, 3.8) is 0 Å². The van der Waals surface area contributed by atoms with Gasteiger partial charge in [-0.3, -0.25) is 0 Å². The fraction of sp³-hybridized carbons (Fsp3) is 0.538. The van der Waals surface area contributed by atoms with Gasteiger partial charge < -0.3 is 10.2 Å². The van der Waals surface area contributed by atoms with Crippen molar-refractivity contribution in [2.75, 3.05) is 20.6 Å². The average molecular weight is 260 g/mol. The Labute approximate surface area is 106 Å². The van der Waals surface area contributed by atoms with Gasteiger partial charge in [-0.05, 0) is 32.6 Å². The van der Waals surface area contributed by atoms with Gasteiger partial charge in [0.1, 0.15) is 0 Å². The third-order valence-electron chi connectivity index (χ3n) is 2.96. The van der Waals surface area contributed by atoms with E-state index >= 15 is 0 Å². The lowest BCUT2D eigenvalue weighted by atomic mass is 10.1. The number of likely N-dealkylation sites (N-methyl/N-ethyl adjacent to an activating group) is 1. The van der Waals surface area contributed by atoms with E-state index in [4.69, 9.17) is 0 Å². The number of halogens is 3. The summed E-state index contributed by atoms with van der Waals surface area (Å²) in [6.45, 7) is 2.90. The molecule has 0 radical (unpaired) electrons. The van der Waals surface area contributed by atoms with E-state index in [-0.39, 0.29) is 18.2 Å². The van der Waals surface area contributed by atoms with Crippen LogP contribution in [0.2, 0.25) is 0 Å². The predicted octanol–water partition coefficient (Wildman–Crippen LogP) is 2.75. The van der Waals surface area contributed by atoms with Crippen LogP contribution < -0.4 is 5.32 Å². The van der Waals surface area contributed by atoms with Gasteiger partial charge in [0.25, 0.3) is 0 Å². The molecule has 1 aromatic carbocycles. The molecule has 1 N–H and O–H groups in total. The summed E-state index contributed by atoms with van der Waals surface area (Å²) in [7, 11) is 3.88. The highest BCUT2D eigenvalue weighted by Gasteiger charge is 2.32. The van der Waals surface area contributed by atoms with Gasteiger partial charge >= 0.3 is 6.18 Å². The van der Waals surface area contributed by atoms with Crippen LogP contribution in [-0.4, -0.2) is 31.6 Å². The topological polar surface area (TPSA) is 15.3 Å². The van der Waals surface area contributed by atoms with Crippen molar-refractivity contribution in [1.29, 1.82) is 0 Å². The maximum atomic E-state index is 12.7. The first-order chi connectivity index (χ1) is 8.32. The lowest BCUT2D eigenvalue weighted by Gasteiger charge is -2.20. The van der Waals surface area contributed by atoms with Gasteiger partial charge in [-0.15, -0.1) is 0 Å². The normalized spacial score (nSPS) is 13.9. The van der Waals surface area contributed by atoms with E-state index in [0.717, 1.165) is 6.07 Å². The Balaban J connectivity index is 2.63. The summed E-state index contributed by atoms with van der Waals surface area (Å²) in [4.78, 5) is 2.02. The molecule has 2 nitrogen and oxygen atoms in total. The molecular formula is C13H19F3N2. The van der Waals surface area contributed by atoms with Gasteiger partial charge in [0.15, 0.2) is 0 Å². The smallest absolute Gasteiger partial charge is 0.311 e. The van der Waals surface area contributed by atoms with Crippen LogP contribution in [0.15, 0.2) is 24.3 Å². The van der Waals surface area contributed by atoms with E-state index in [9.17, 15) is 13.2 Å². The number of nitrogens with zero attached hydrogens (tertiary/aromatic N) is 1. The maximum Gasteiger partial charge on any atom is 0.416 e. The summed E-state index contributed by atoms with van der Waals surface area (Å²) in [5, 5.41) is 3.05. The highest BCUT2D eigenvalue weighted by molar-refractivity contribution is 5.29. The van der Waals surface area contributed by atoms with Crippen LogP contribution in [0.3, 0.4) is 0 Å². The summed E-state index contributed by atoms with van der Waals surface area (Å²) in [5.41, 5.74) is -0.272. The molecule has 0 aliphatic heterocycles. The lowest BCUT2D eigenvalue weighted by molar-refractivity contribution is -0.138. The maximum absolute atomic E-state index is 12.7. The molecule has 0 amide bonds. The summed E-state index contributed by atoms with van der Waals surface area (Å²) < 4.78 is 38.2. The Morgan fingerprint density at radius 1 is 1.22 bits per heavy atom. The highest BCUT2D eigenvalue weighted by Crippen LogP contribution is 2.31. The molecule has 0 saturated carbocycles. The summed E-state index contributed by atoms with van der Waals surface area (Å²) in [5.74, 6) is 0. The molecule has 1 atom stereocenters. The number of rotatable bonds is 5. The van der Waals surface area contributed by atoms with Gasteiger partial charge in [-0.2, -0.15) is 13.2 Å². The molecule has 1 rings (SSSR count). The van der Waals surface area contributed by atoms with Crippen LogP contribution in [0.1, 0.15) is 18.1 Å². The predicted molar refractivity (Wildman–Crippen MR) is 66.3 cm³/mol. The third kappa shape index (κ3) is 4.31. The largest absolute Gasteiger partial charge is 0.416 e. The molecule has 1 unspecified atom stereocenters. The van der Waals surface area contributed by atoms with Crippen LogP contribution in [0.5, 0.6) is 0 Å². The van der Waals surface area contributed by atoms with Crippen LogP contribution >= 0.6 is 0 Å². The van der Waals surface area contributed by atoms with Crippen molar-refractivity contribution in [2.45, 2.75) is 25.7 Å². The van der Waals surface area contributed by atoms with Crippen molar-refractivity contribution in [3.8, 4) is 0 Å². The van der Waals surface area contributed by atoms with Crippen molar-refractivity contribution < 1.29 is 13.2 Å². The molecular weight excluding hydrogens is 241 g/mol. The lowest BCUT2D eigenvalue weighted by Crippen LogP contribution is -2.35. The number of hydrogen-bond acceptors (Lipinski definition) is 2. The minimum absolute atomic E-state index is 0.230. The first-order valence-corrected chi connectivity index (χ1v) is 5.84. The molecule has 0 aliphatic rings. The van der Waals surface area contributed by atoms with Crippen LogP contribution in [0.4, 0.5) is 13.2 Å². The van der Waals surface area contributed by atoms with Crippen molar-refractivity contribution in [2.24, 2.45) is 0 Å². The van der Waals surface area contributed by atoms with Crippen LogP contribution in [0.25, 0.3) is 0 Å². The Bertz CT molecular complexity index is 375. The molecule has 102 valence electrons. The van der Waals surface area contributed by atoms with E-state index < -0.39 is 11.7 Å². The van der Waals surface area contributed by atoms with Crippen molar-refractivity contribution >= 4 is 0 Å². The zero-order valence-corrected chi connectivity index (χ0v) is 10.9. The van der Waals surface area contributed by atoms with Gasteiger partial charge in [0, 0.05) is 19.1 Å². The molecule has 1 aromatic rings. The molecule has 0 heterocycles. The fourth-order valence-electron chi connectivity index (χ4n) is 1.55. The zero-order chi connectivity index (χ0) is 13.8. The van der Waals surface area contributed by atoms with Crippen LogP contribution in [0, 0.1) is 0 Å². The molecule has 0 aliphatic carbocycles. The second-order valence-electron chi connectivity index (χ2n) is 4.60. The third-order valence-corrected chi connectivity index (χ3v) is 2.96. The quantitative estimate of drug-likeness (QED) is 0.875. The summed E-state index contributed by atoms with van der Waals surface area (Å²) >= 11 is 0. The van der Waals surface area contributed by atoms with Gasteiger partial charge in [-0.25, -0.2) is 0 Å². The minimum atomic E-state index is -4.29. The molecule has 0 spiro atoms. The van der Waals surface area contributed by atoms with Gasteiger partial charge in [-0.1, -0.05) is 18.2 Å². The SMILES string of the molecule is CC(CNCc1ccccc1C(F)(F)F)N(C)C. The average Bonchev–Trinajstić information content (AvgIpc) is 2.28. The van der Waals surface area contributed by atoms with Crippen LogP contribution in [-0.2, 0) is 12.7 Å².